The van der Waals surface area contributed by atoms with Crippen molar-refractivity contribution >= 4 is 23.5 Å². The van der Waals surface area contributed by atoms with Gasteiger partial charge in [0.25, 0.3) is 5.91 Å². The lowest BCUT2D eigenvalue weighted by molar-refractivity contribution is -0.135. The van der Waals surface area contributed by atoms with Crippen molar-refractivity contribution < 1.29 is 23.9 Å². The Balaban J connectivity index is 3.15. The average molecular weight is 195 g/mol. The van der Waals surface area contributed by atoms with E-state index >= 15 is 0 Å². The fraction of sp³-hybridized carbons (Fsp3) is 0.143. The summed E-state index contributed by atoms with van der Waals surface area (Å²) in [4.78, 5) is 35.2. The zero-order chi connectivity index (χ0) is 10.7. The summed E-state index contributed by atoms with van der Waals surface area (Å²) in [5.41, 5.74) is 7.58. The predicted octanol–water partition coefficient (Wildman–Crippen LogP) is -1.59. The number of hydrogen-bond acceptors (Lipinski definition) is 4. The predicted molar refractivity (Wildman–Crippen MR) is 41.9 cm³/mol. The Morgan fingerprint density at radius 1 is 1.50 bits per heavy atom. The van der Waals surface area contributed by atoms with E-state index in [1.54, 1.807) is 0 Å². The normalized spacial score (nSPS) is 18.1. The van der Waals surface area contributed by atoms with E-state index in [9.17, 15) is 14.4 Å². The van der Waals surface area contributed by atoms with Crippen LogP contribution in [-0.4, -0.2) is 35.4 Å². The number of nitrogens with one attached hydrogen (secondary N) is 1. The topological polar surface area (TPSA) is 109 Å². The van der Waals surface area contributed by atoms with Crippen LogP contribution in [0.2, 0.25) is 0 Å². The lowest BCUT2D eigenvalue weighted by Crippen LogP contribution is -2.22. The summed E-state index contributed by atoms with van der Waals surface area (Å²) < 4.78 is 4.25. The van der Waals surface area contributed by atoms with E-state index in [1.165, 1.54) is 0 Å². The third-order valence-electron chi connectivity index (χ3n) is 1.51. The summed E-state index contributed by atoms with van der Waals surface area (Å²) in [6.45, 7) is 0. The van der Waals surface area contributed by atoms with Crippen molar-refractivity contribution in [2.75, 3.05) is 7.11 Å². The number of imide groups is 1. The van der Waals surface area contributed by atoms with Gasteiger partial charge in [-0.25, -0.2) is 4.79 Å². The first-order valence-corrected chi connectivity index (χ1v) is 3.48. The molecule has 0 atom stereocenters. The highest BCUT2D eigenvalue weighted by Gasteiger charge is 2.40. The van der Waals surface area contributed by atoms with Gasteiger partial charge in [-0.3, -0.25) is 14.9 Å². The van der Waals surface area contributed by atoms with Crippen molar-refractivity contribution in [2.24, 2.45) is 0 Å². The van der Waals surface area contributed by atoms with E-state index in [0.29, 0.717) is 0 Å². The van der Waals surface area contributed by atoms with Crippen LogP contribution < -0.4 is 5.32 Å². The molecular weight excluding hydrogens is 190 g/mol. The molecule has 0 bridgehead atoms. The third-order valence-corrected chi connectivity index (χ3v) is 1.51. The molecule has 0 aromatic carbocycles. The maximum absolute atomic E-state index is 11.0. The highest BCUT2D eigenvalue weighted by Crippen LogP contribution is 2.05. The maximum atomic E-state index is 11.0. The lowest BCUT2D eigenvalue weighted by Gasteiger charge is -1.89. The van der Waals surface area contributed by atoms with E-state index in [0.717, 1.165) is 13.2 Å². The van der Waals surface area contributed by atoms with E-state index in [2.05, 4.69) is 9.53 Å². The molecular formula is C7H5N3O4. The molecule has 1 saturated heterocycles. The van der Waals surface area contributed by atoms with Crippen LogP contribution in [0.3, 0.4) is 0 Å². The van der Waals surface area contributed by atoms with Crippen molar-refractivity contribution in [3.63, 3.8) is 0 Å². The smallest absolute Gasteiger partial charge is 0.392 e. The Kier molecular flexibility index (Phi) is 2.54. The Morgan fingerprint density at radius 3 is 2.64 bits per heavy atom. The largest absolute Gasteiger partial charge is 0.466 e. The first-order valence-electron chi connectivity index (χ1n) is 3.48. The molecule has 0 aromatic rings. The number of carbonyl (C=O) groups excluding carboxylic acids is 3. The Morgan fingerprint density at radius 2 is 2.14 bits per heavy atom. The molecule has 0 spiro atoms. The zero-order valence-corrected chi connectivity index (χ0v) is 7.10. The van der Waals surface area contributed by atoms with Gasteiger partial charge in [0.2, 0.25) is 0 Å². The van der Waals surface area contributed by atoms with E-state index in [1.807, 2.05) is 5.32 Å². The van der Waals surface area contributed by atoms with Crippen LogP contribution in [0.4, 0.5) is 0 Å². The van der Waals surface area contributed by atoms with Crippen LogP contribution in [0.15, 0.2) is 11.6 Å². The molecule has 14 heavy (non-hydrogen) atoms. The molecule has 1 aliphatic heterocycles. The molecule has 1 heterocycles. The molecule has 0 saturated carbocycles. The number of rotatable bonds is 1. The molecule has 1 N–H and O–H groups in total. The molecule has 2 amide bonds. The van der Waals surface area contributed by atoms with Gasteiger partial charge in [0.05, 0.1) is 7.11 Å². The van der Waals surface area contributed by atoms with Gasteiger partial charge >= 0.3 is 17.6 Å². The minimum absolute atomic E-state index is 0.315. The van der Waals surface area contributed by atoms with Gasteiger partial charge < -0.3 is 10.3 Å². The van der Waals surface area contributed by atoms with Crippen LogP contribution in [0, 0.1) is 0 Å². The van der Waals surface area contributed by atoms with Crippen molar-refractivity contribution in [1.29, 1.82) is 0 Å². The molecule has 1 fully saturated rings. The third kappa shape index (κ3) is 1.57. The highest BCUT2D eigenvalue weighted by atomic mass is 16.5. The fourth-order valence-electron chi connectivity index (χ4n) is 0.869. The standard InChI is InChI=1S/C7H5N3O4/c1-14-4(11)2-3-5(10-8)7(13)9-6(3)12/h2H,1H3,(H,9,12,13)/b3-2-. The summed E-state index contributed by atoms with van der Waals surface area (Å²) in [5.74, 6) is -2.47. The minimum atomic E-state index is -0.854. The van der Waals surface area contributed by atoms with Crippen LogP contribution in [0.1, 0.15) is 0 Å². The second kappa shape index (κ2) is 3.63. The fourth-order valence-corrected chi connectivity index (χ4v) is 0.869. The van der Waals surface area contributed by atoms with E-state index < -0.39 is 23.5 Å². The number of nitrogens with zero attached hydrogens (tertiary/aromatic N) is 2. The summed E-state index contributed by atoms with van der Waals surface area (Å²) in [7, 11) is 1.11. The molecule has 0 aliphatic carbocycles. The van der Waals surface area contributed by atoms with Crippen molar-refractivity contribution in [3.8, 4) is 0 Å². The second-order valence-corrected chi connectivity index (χ2v) is 2.31. The quantitative estimate of drug-likeness (QED) is 0.179. The summed E-state index contributed by atoms with van der Waals surface area (Å²) >= 11 is 0. The first kappa shape index (κ1) is 9.82. The number of ether oxygens (including phenoxy) is 1. The molecule has 0 unspecified atom stereocenters. The summed E-state index contributed by atoms with van der Waals surface area (Å²) in [5, 5.41) is 1.85. The zero-order valence-electron chi connectivity index (χ0n) is 7.10. The molecule has 7 nitrogen and oxygen atoms in total. The summed E-state index contributed by atoms with van der Waals surface area (Å²) in [6, 6.07) is 0. The SMILES string of the molecule is COC(=O)/C=C1\C(=O)NC(=O)C1=[N+]=[N-]. The second-order valence-electron chi connectivity index (χ2n) is 2.31. The Bertz CT molecular complexity index is 403. The first-order chi connectivity index (χ1) is 6.60. The number of methoxy groups -OCH3 is 1. The van der Waals surface area contributed by atoms with Crippen LogP contribution in [0.25, 0.3) is 5.53 Å². The molecule has 0 radical (unpaired) electrons. The lowest BCUT2D eigenvalue weighted by atomic mass is 10.2. The molecule has 1 rings (SSSR count). The van der Waals surface area contributed by atoms with Gasteiger partial charge in [-0.05, 0) is 0 Å². The average Bonchev–Trinajstić information content (AvgIpc) is 2.41. The van der Waals surface area contributed by atoms with E-state index in [-0.39, 0.29) is 5.57 Å². The van der Waals surface area contributed by atoms with Gasteiger partial charge in [0.1, 0.15) is 5.57 Å². The maximum Gasteiger partial charge on any atom is 0.392 e. The molecule has 0 aromatic heterocycles. The minimum Gasteiger partial charge on any atom is -0.466 e. The van der Waals surface area contributed by atoms with Gasteiger partial charge in [-0.1, -0.05) is 0 Å². The number of esters is 1. The van der Waals surface area contributed by atoms with Gasteiger partial charge in [0, 0.05) is 6.08 Å². The summed E-state index contributed by atoms with van der Waals surface area (Å²) in [6.07, 6.45) is 0.773. The number of carbonyl (C=O) groups is 3. The highest BCUT2D eigenvalue weighted by molar-refractivity contribution is 6.57. The monoisotopic (exact) mass is 195 g/mol. The van der Waals surface area contributed by atoms with Crippen LogP contribution in [-0.2, 0) is 19.1 Å². The van der Waals surface area contributed by atoms with Gasteiger partial charge in [-0.15, -0.1) is 0 Å². The number of hydrogen-bond donors (Lipinski definition) is 1. The molecule has 72 valence electrons. The van der Waals surface area contributed by atoms with Gasteiger partial charge in [-0.2, -0.15) is 4.79 Å². The Hall–Kier alpha value is -2.27. The molecule has 1 aliphatic rings. The van der Waals surface area contributed by atoms with Crippen LogP contribution >= 0.6 is 0 Å². The molecule has 7 heteroatoms. The van der Waals surface area contributed by atoms with Crippen LogP contribution in [0.5, 0.6) is 0 Å². The number of amides is 2. The van der Waals surface area contributed by atoms with Crippen molar-refractivity contribution in [1.82, 2.24) is 5.32 Å². The van der Waals surface area contributed by atoms with E-state index in [4.69, 9.17) is 5.53 Å². The van der Waals surface area contributed by atoms with Gasteiger partial charge in [0.15, 0.2) is 0 Å². The Labute approximate surface area is 78.0 Å². The van der Waals surface area contributed by atoms with Crippen molar-refractivity contribution in [3.05, 3.63) is 17.2 Å². The van der Waals surface area contributed by atoms with Crippen molar-refractivity contribution in [2.45, 2.75) is 0 Å².